The summed E-state index contributed by atoms with van der Waals surface area (Å²) in [5.74, 6) is -4.25. The molecule has 2 N–H and O–H groups in total. The van der Waals surface area contributed by atoms with Gasteiger partial charge in [0.15, 0.2) is 0 Å². The number of halogens is 4. The lowest BCUT2D eigenvalue weighted by atomic mass is 10.2. The zero-order valence-corrected chi connectivity index (χ0v) is 29.6. The molecule has 0 amide bonds. The molecule has 290 valence electrons. The summed E-state index contributed by atoms with van der Waals surface area (Å²) in [5, 5.41) is 47.0. The van der Waals surface area contributed by atoms with E-state index in [1.54, 1.807) is 0 Å². The van der Waals surface area contributed by atoms with Gasteiger partial charge in [-0.1, -0.05) is 31.4 Å². The standard InChI is InChI=1S/C9H12O2.C8H6FNO4.C7H3ClFNO3.C7H4FNO4.CH4.HPS/c1-2-11-9-5-3-8(7-10)4-6-9;1-14-8(11)5-2-3-6(9)7(4-5)10(12)13;8-7(11)4-1-2-5(9)6(3-4)10(12)13;8-5-2-1-4(7(10)11)3-6(5)9(12)13;;1-2/h3-6,10H,2,7H2,1H3;2-4H,1H3;1-3H;1-3H,(H,10,11);1H4;1H. The van der Waals surface area contributed by atoms with Crippen LogP contribution in [0, 0.1) is 47.8 Å². The predicted octanol–water partition coefficient (Wildman–Crippen LogP) is 7.87. The number of carbonyl (C=O) groups is 3. The number of hydrogen-bond donors (Lipinski definition) is 2. The van der Waals surface area contributed by atoms with Crippen molar-refractivity contribution < 1.29 is 62.0 Å². The Morgan fingerprint density at radius 2 is 1.11 bits per heavy atom. The first kappa shape index (κ1) is 50.2. The van der Waals surface area contributed by atoms with Gasteiger partial charge in [-0.3, -0.25) is 35.1 Å². The Labute approximate surface area is 316 Å². The molecule has 4 rings (SSSR count). The Kier molecular flexibility index (Phi) is 24.1. The largest absolute Gasteiger partial charge is 0.494 e. The zero-order valence-electron chi connectivity index (χ0n) is 27.1. The van der Waals surface area contributed by atoms with Crippen LogP contribution in [0.2, 0.25) is 0 Å². The van der Waals surface area contributed by atoms with E-state index < -0.39 is 66.5 Å². The summed E-state index contributed by atoms with van der Waals surface area (Å²) in [5.41, 5.74) is -1.89. The number of hydrogen-bond acceptors (Lipinski definition) is 13. The maximum Gasteiger partial charge on any atom is 0.338 e. The first-order chi connectivity index (χ1) is 25.0. The Morgan fingerprint density at radius 1 is 0.741 bits per heavy atom. The number of benzene rings is 4. The number of aliphatic hydroxyl groups excluding tert-OH is 1. The second kappa shape index (κ2) is 25.9. The molecule has 0 saturated carbocycles. The highest BCUT2D eigenvalue weighted by Crippen LogP contribution is 2.21. The summed E-state index contributed by atoms with van der Waals surface area (Å²) in [6, 6.07) is 15.3. The molecule has 0 spiro atoms. The minimum absolute atomic E-state index is 0. The lowest BCUT2D eigenvalue weighted by Crippen LogP contribution is -2.03. The minimum Gasteiger partial charge on any atom is -0.494 e. The molecule has 22 heteroatoms. The second-order valence-electron chi connectivity index (χ2n) is 9.08. The van der Waals surface area contributed by atoms with Crippen molar-refractivity contribution in [2.75, 3.05) is 13.7 Å². The average Bonchev–Trinajstić information content (AvgIpc) is 3.13. The van der Waals surface area contributed by atoms with Gasteiger partial charge in [-0.05, 0) is 80.6 Å². The lowest BCUT2D eigenvalue weighted by molar-refractivity contribution is -0.387. The van der Waals surface area contributed by atoms with Gasteiger partial charge in [-0.2, -0.15) is 13.2 Å². The van der Waals surface area contributed by atoms with Gasteiger partial charge in [-0.25, -0.2) is 9.59 Å². The molecule has 54 heavy (non-hydrogen) atoms. The van der Waals surface area contributed by atoms with Crippen molar-refractivity contribution in [2.45, 2.75) is 21.0 Å². The summed E-state index contributed by atoms with van der Waals surface area (Å²) in [6.07, 6.45) is 0. The first-order valence-corrected chi connectivity index (χ1v) is 15.8. The summed E-state index contributed by atoms with van der Waals surface area (Å²) >= 11 is 8.94. The van der Waals surface area contributed by atoms with Gasteiger partial charge in [-0.15, -0.1) is 0 Å². The highest BCUT2D eigenvalue weighted by atomic mass is 35.5. The van der Waals surface area contributed by atoms with Crippen LogP contribution in [0.15, 0.2) is 78.9 Å². The van der Waals surface area contributed by atoms with Gasteiger partial charge in [0.25, 0.3) is 5.24 Å². The summed E-state index contributed by atoms with van der Waals surface area (Å²) in [7, 11) is 3.69. The lowest BCUT2D eigenvalue weighted by Gasteiger charge is -2.02. The van der Waals surface area contributed by atoms with Crippen LogP contribution in [-0.4, -0.2) is 55.9 Å². The molecule has 0 heterocycles. The minimum atomic E-state index is -1.33. The fraction of sp³-hybridized carbons (Fsp3) is 0.156. The number of methoxy groups -OCH3 is 1. The molecule has 0 unspecified atom stereocenters. The molecule has 0 aliphatic carbocycles. The Hall–Kier alpha value is -5.95. The quantitative estimate of drug-likeness (QED) is 0.0537. The molecule has 4 aromatic carbocycles. The van der Waals surface area contributed by atoms with Crippen molar-refractivity contribution >= 4 is 65.7 Å². The molecule has 0 radical (unpaired) electrons. The number of nitro benzene ring substituents is 3. The molecule has 0 bridgehead atoms. The van der Waals surface area contributed by atoms with E-state index in [0.717, 1.165) is 67.0 Å². The highest BCUT2D eigenvalue weighted by molar-refractivity contribution is 7.88. The molecule has 0 fully saturated rings. The van der Waals surface area contributed by atoms with Crippen LogP contribution in [0.1, 0.15) is 51.0 Å². The number of carbonyl (C=O) groups excluding carboxylic acids is 2. The predicted molar refractivity (Wildman–Crippen MR) is 194 cm³/mol. The van der Waals surface area contributed by atoms with E-state index in [1.807, 2.05) is 31.2 Å². The van der Waals surface area contributed by atoms with Crippen molar-refractivity contribution in [1.29, 1.82) is 0 Å². The van der Waals surface area contributed by atoms with Crippen LogP contribution >= 0.6 is 19.6 Å². The Balaban J connectivity index is 0. The summed E-state index contributed by atoms with van der Waals surface area (Å²) < 4.78 is 47.7. The van der Waals surface area contributed by atoms with Crippen molar-refractivity contribution in [3.05, 3.63) is 149 Å². The average molecular weight is 820 g/mol. The van der Waals surface area contributed by atoms with Crippen molar-refractivity contribution in [1.82, 2.24) is 0 Å². The van der Waals surface area contributed by atoms with Gasteiger partial charge >= 0.3 is 29.0 Å². The molecule has 0 aromatic heterocycles. The van der Waals surface area contributed by atoms with Crippen LogP contribution in [0.5, 0.6) is 5.75 Å². The van der Waals surface area contributed by atoms with Crippen LogP contribution in [0.4, 0.5) is 30.2 Å². The second-order valence-corrected chi connectivity index (χ2v) is 9.42. The van der Waals surface area contributed by atoms with E-state index in [4.69, 9.17) is 26.6 Å². The monoisotopic (exact) mass is 819 g/mol. The number of ether oxygens (including phenoxy) is 2. The van der Waals surface area contributed by atoms with Gasteiger partial charge in [0.1, 0.15) is 5.75 Å². The van der Waals surface area contributed by atoms with Gasteiger partial charge in [0.2, 0.25) is 17.5 Å². The van der Waals surface area contributed by atoms with Gasteiger partial charge < -0.3 is 19.7 Å². The summed E-state index contributed by atoms with van der Waals surface area (Å²) in [4.78, 5) is 59.7. The van der Waals surface area contributed by atoms with Crippen LogP contribution < -0.4 is 4.74 Å². The number of carboxylic acids is 1. The zero-order chi connectivity index (χ0) is 40.8. The topological polar surface area (TPSA) is 240 Å². The van der Waals surface area contributed by atoms with E-state index in [0.29, 0.717) is 12.7 Å². The van der Waals surface area contributed by atoms with E-state index in [2.05, 4.69) is 24.6 Å². The van der Waals surface area contributed by atoms with Gasteiger partial charge in [0.05, 0.1) is 46.2 Å². The number of nitrogens with zero attached hydrogens (tertiary/aromatic N) is 3. The normalized spacial score (nSPS) is 9.17. The van der Waals surface area contributed by atoms with Crippen molar-refractivity contribution in [3.8, 4) is 5.75 Å². The Morgan fingerprint density at radius 3 is 1.44 bits per heavy atom. The molecule has 0 saturated heterocycles. The molecule has 0 aliphatic rings. The molecule has 4 aromatic rings. The number of aromatic carboxylic acids is 1. The maximum absolute atomic E-state index is 12.8. The summed E-state index contributed by atoms with van der Waals surface area (Å²) in [6.45, 7) is 2.71. The molecule has 0 atom stereocenters. The maximum atomic E-state index is 12.8. The third kappa shape index (κ3) is 17.0. The first-order valence-electron chi connectivity index (χ1n) is 13.8. The van der Waals surface area contributed by atoms with Gasteiger partial charge in [0, 0.05) is 23.8 Å². The fourth-order valence-corrected chi connectivity index (χ4v) is 3.43. The van der Waals surface area contributed by atoms with E-state index in [9.17, 15) is 57.9 Å². The number of aliphatic hydroxyl groups is 1. The number of nitro groups is 3. The van der Waals surface area contributed by atoms with Crippen molar-refractivity contribution in [3.63, 3.8) is 0 Å². The SMILES string of the molecule is C.CCOc1ccc(CO)cc1.COC(=O)c1ccc(F)c([N+](=O)[O-])c1.O=C(Cl)c1ccc(F)c([N+](=O)[O-])c1.O=C(O)c1ccc(F)c([N+](=O)[O-])c1.P=S. The number of carboxylic acid groups (broad SMARTS) is 1. The van der Waals surface area contributed by atoms with Crippen LogP contribution in [0.25, 0.3) is 0 Å². The van der Waals surface area contributed by atoms with Crippen LogP contribution in [0.3, 0.4) is 0 Å². The third-order valence-corrected chi connectivity index (χ3v) is 5.96. The Bertz CT molecular complexity index is 1850. The fourth-order valence-electron chi connectivity index (χ4n) is 3.32. The smallest absolute Gasteiger partial charge is 0.338 e. The number of esters is 1. The third-order valence-electron chi connectivity index (χ3n) is 5.74. The van der Waals surface area contributed by atoms with E-state index in [-0.39, 0.29) is 30.7 Å². The van der Waals surface area contributed by atoms with Crippen LogP contribution in [-0.2, 0) is 23.2 Å². The van der Waals surface area contributed by atoms with E-state index in [1.165, 1.54) is 0 Å². The molecule has 0 aliphatic heterocycles. The molecular weight excluding hydrogens is 790 g/mol. The molecular formula is C32H30ClF3N3O13PS. The number of rotatable bonds is 9. The molecule has 16 nitrogen and oxygen atoms in total. The highest BCUT2D eigenvalue weighted by Gasteiger charge is 2.18. The van der Waals surface area contributed by atoms with Crippen molar-refractivity contribution in [2.24, 2.45) is 0 Å². The van der Waals surface area contributed by atoms with E-state index >= 15 is 0 Å².